The SMILES string of the molecule is COC(=O)c1ccc(CN2C(=O)C(=O)/C(=C(/O)c3cccc(OC(C)C)c3)C2c2ccc(OC)cc2)cc1. The van der Waals surface area contributed by atoms with Crippen LogP contribution in [0.25, 0.3) is 5.76 Å². The van der Waals surface area contributed by atoms with Crippen molar-refractivity contribution in [1.29, 1.82) is 0 Å². The van der Waals surface area contributed by atoms with Gasteiger partial charge in [-0.1, -0.05) is 36.4 Å². The molecule has 0 saturated carbocycles. The Morgan fingerprint density at radius 3 is 2.21 bits per heavy atom. The molecule has 1 amide bonds. The highest BCUT2D eigenvalue weighted by Gasteiger charge is 2.46. The number of carbonyl (C=O) groups is 3. The molecule has 1 heterocycles. The van der Waals surface area contributed by atoms with E-state index in [0.717, 1.165) is 0 Å². The minimum Gasteiger partial charge on any atom is -0.507 e. The second-order valence-corrected chi connectivity index (χ2v) is 9.08. The molecule has 1 N–H and O–H groups in total. The Balaban J connectivity index is 1.79. The summed E-state index contributed by atoms with van der Waals surface area (Å²) in [5, 5.41) is 11.4. The fourth-order valence-corrected chi connectivity index (χ4v) is 4.38. The minimum atomic E-state index is -0.851. The van der Waals surface area contributed by atoms with E-state index in [9.17, 15) is 19.5 Å². The first kappa shape index (κ1) is 26.5. The summed E-state index contributed by atoms with van der Waals surface area (Å²) in [6.45, 7) is 3.86. The molecule has 0 aliphatic carbocycles. The number of ketones is 1. The molecule has 0 aromatic heterocycles. The van der Waals surface area contributed by atoms with Gasteiger partial charge in [0, 0.05) is 12.1 Å². The molecule has 0 spiro atoms. The van der Waals surface area contributed by atoms with Crippen molar-refractivity contribution in [2.75, 3.05) is 14.2 Å². The van der Waals surface area contributed by atoms with Gasteiger partial charge in [0.2, 0.25) is 0 Å². The number of ether oxygens (including phenoxy) is 3. The van der Waals surface area contributed by atoms with Crippen molar-refractivity contribution in [3.05, 3.63) is 101 Å². The van der Waals surface area contributed by atoms with E-state index in [1.807, 2.05) is 13.8 Å². The zero-order valence-corrected chi connectivity index (χ0v) is 21.6. The maximum atomic E-state index is 13.3. The molecule has 1 aliphatic rings. The highest BCUT2D eigenvalue weighted by Crippen LogP contribution is 2.41. The van der Waals surface area contributed by atoms with E-state index < -0.39 is 23.7 Å². The van der Waals surface area contributed by atoms with Gasteiger partial charge in [-0.15, -0.1) is 0 Å². The molecule has 0 bridgehead atoms. The molecular weight excluding hydrogens is 486 g/mol. The standard InChI is InChI=1S/C30H29NO7/c1-18(2)38-24-7-5-6-22(16-24)27(32)25-26(20-12-14-23(36-3)15-13-20)31(29(34)28(25)33)17-19-8-10-21(11-9-19)30(35)37-4/h5-16,18,26,32H,17H2,1-4H3/b27-25+. The summed E-state index contributed by atoms with van der Waals surface area (Å²) in [5.41, 5.74) is 2.04. The molecule has 1 fully saturated rings. The molecule has 3 aromatic rings. The number of aliphatic hydroxyl groups excluding tert-OH is 1. The molecule has 1 unspecified atom stereocenters. The third-order valence-corrected chi connectivity index (χ3v) is 6.18. The number of Topliss-reactive ketones (excluding diaryl/α,β-unsaturated/α-hetero) is 1. The van der Waals surface area contributed by atoms with Crippen LogP contribution in [-0.2, 0) is 20.9 Å². The zero-order chi connectivity index (χ0) is 27.4. The van der Waals surface area contributed by atoms with E-state index in [2.05, 4.69) is 0 Å². The van der Waals surface area contributed by atoms with Gasteiger partial charge in [0.1, 0.15) is 17.3 Å². The van der Waals surface area contributed by atoms with Crippen molar-refractivity contribution in [3.8, 4) is 11.5 Å². The van der Waals surface area contributed by atoms with Crippen LogP contribution >= 0.6 is 0 Å². The van der Waals surface area contributed by atoms with E-state index >= 15 is 0 Å². The predicted octanol–water partition coefficient (Wildman–Crippen LogP) is 4.89. The smallest absolute Gasteiger partial charge is 0.337 e. The zero-order valence-electron chi connectivity index (χ0n) is 21.6. The highest BCUT2D eigenvalue weighted by atomic mass is 16.5. The fourth-order valence-electron chi connectivity index (χ4n) is 4.38. The van der Waals surface area contributed by atoms with Gasteiger partial charge in [-0.05, 0) is 61.4 Å². The summed E-state index contributed by atoms with van der Waals surface area (Å²) in [4.78, 5) is 39.9. The van der Waals surface area contributed by atoms with Gasteiger partial charge in [-0.2, -0.15) is 0 Å². The third-order valence-electron chi connectivity index (χ3n) is 6.18. The van der Waals surface area contributed by atoms with Crippen LogP contribution in [0.15, 0.2) is 78.4 Å². The number of amides is 1. The Hall–Kier alpha value is -4.59. The lowest BCUT2D eigenvalue weighted by atomic mass is 9.95. The molecule has 8 nitrogen and oxygen atoms in total. The van der Waals surface area contributed by atoms with Crippen molar-refractivity contribution in [3.63, 3.8) is 0 Å². The quantitative estimate of drug-likeness (QED) is 0.197. The number of benzene rings is 3. The van der Waals surface area contributed by atoms with Crippen molar-refractivity contribution < 1.29 is 33.7 Å². The summed E-state index contributed by atoms with van der Waals surface area (Å²) in [5.74, 6) is -1.14. The topological polar surface area (TPSA) is 102 Å². The number of hydrogen-bond donors (Lipinski definition) is 1. The molecular formula is C30H29NO7. The molecule has 1 aliphatic heterocycles. The van der Waals surface area contributed by atoms with Gasteiger partial charge in [-0.3, -0.25) is 9.59 Å². The largest absolute Gasteiger partial charge is 0.507 e. The molecule has 1 saturated heterocycles. The molecule has 196 valence electrons. The fraction of sp³-hybridized carbons (Fsp3) is 0.233. The van der Waals surface area contributed by atoms with Gasteiger partial charge < -0.3 is 24.2 Å². The minimum absolute atomic E-state index is 0.0203. The van der Waals surface area contributed by atoms with E-state index in [0.29, 0.717) is 33.8 Å². The molecule has 4 rings (SSSR count). The van der Waals surface area contributed by atoms with Crippen LogP contribution in [0.3, 0.4) is 0 Å². The lowest BCUT2D eigenvalue weighted by Gasteiger charge is -2.25. The summed E-state index contributed by atoms with van der Waals surface area (Å²) in [6, 6.07) is 19.5. The van der Waals surface area contributed by atoms with Gasteiger partial charge in [-0.25, -0.2) is 4.79 Å². The Morgan fingerprint density at radius 1 is 0.921 bits per heavy atom. The molecule has 1 atom stereocenters. The first-order chi connectivity index (χ1) is 18.2. The van der Waals surface area contributed by atoms with Crippen LogP contribution in [0.5, 0.6) is 11.5 Å². The number of nitrogens with zero attached hydrogens (tertiary/aromatic N) is 1. The van der Waals surface area contributed by atoms with E-state index in [1.165, 1.54) is 12.0 Å². The summed E-state index contributed by atoms with van der Waals surface area (Å²) in [7, 11) is 2.85. The van der Waals surface area contributed by atoms with Crippen LogP contribution in [-0.4, -0.2) is 48.0 Å². The van der Waals surface area contributed by atoms with Crippen LogP contribution in [0.1, 0.15) is 46.9 Å². The monoisotopic (exact) mass is 515 g/mol. The summed E-state index contributed by atoms with van der Waals surface area (Å²) in [6.07, 6.45) is -0.0807. The van der Waals surface area contributed by atoms with Gasteiger partial charge in [0.05, 0.1) is 37.5 Å². The molecule has 8 heteroatoms. The predicted molar refractivity (Wildman–Crippen MR) is 141 cm³/mol. The number of likely N-dealkylation sites (tertiary alicyclic amines) is 1. The van der Waals surface area contributed by atoms with E-state index in [-0.39, 0.29) is 24.0 Å². The van der Waals surface area contributed by atoms with E-state index in [1.54, 1.807) is 79.9 Å². The third kappa shape index (κ3) is 5.39. The summed E-state index contributed by atoms with van der Waals surface area (Å²) >= 11 is 0. The maximum Gasteiger partial charge on any atom is 0.337 e. The van der Waals surface area contributed by atoms with Crippen molar-refractivity contribution in [1.82, 2.24) is 4.90 Å². The van der Waals surface area contributed by atoms with Crippen LogP contribution in [0.4, 0.5) is 0 Å². The average Bonchev–Trinajstić information content (AvgIpc) is 3.17. The molecule has 38 heavy (non-hydrogen) atoms. The highest BCUT2D eigenvalue weighted by molar-refractivity contribution is 6.46. The maximum absolute atomic E-state index is 13.3. The van der Waals surface area contributed by atoms with Crippen molar-refractivity contribution in [2.24, 2.45) is 0 Å². The van der Waals surface area contributed by atoms with E-state index in [4.69, 9.17) is 14.2 Å². The number of methoxy groups -OCH3 is 2. The number of aliphatic hydroxyl groups is 1. The second kappa shape index (κ2) is 11.2. The van der Waals surface area contributed by atoms with Crippen LogP contribution < -0.4 is 9.47 Å². The number of carbonyl (C=O) groups excluding carboxylic acids is 3. The molecule has 3 aromatic carbocycles. The van der Waals surface area contributed by atoms with Gasteiger partial charge in [0.15, 0.2) is 0 Å². The van der Waals surface area contributed by atoms with Crippen molar-refractivity contribution >= 4 is 23.4 Å². The Bertz CT molecular complexity index is 1370. The normalized spacial score (nSPS) is 16.6. The lowest BCUT2D eigenvalue weighted by Crippen LogP contribution is -2.29. The second-order valence-electron chi connectivity index (χ2n) is 9.08. The number of esters is 1. The molecule has 0 radical (unpaired) electrons. The van der Waals surface area contributed by atoms with Gasteiger partial charge >= 0.3 is 5.97 Å². The Labute approximate surface area is 221 Å². The summed E-state index contributed by atoms with van der Waals surface area (Å²) < 4.78 is 15.8. The van der Waals surface area contributed by atoms with Crippen LogP contribution in [0.2, 0.25) is 0 Å². The first-order valence-electron chi connectivity index (χ1n) is 12.1. The van der Waals surface area contributed by atoms with Gasteiger partial charge in [0.25, 0.3) is 11.7 Å². The average molecular weight is 516 g/mol. The first-order valence-corrected chi connectivity index (χ1v) is 12.1. The van der Waals surface area contributed by atoms with Crippen LogP contribution in [0, 0.1) is 0 Å². The number of rotatable bonds is 8. The Morgan fingerprint density at radius 2 is 1.61 bits per heavy atom. The lowest BCUT2D eigenvalue weighted by molar-refractivity contribution is -0.140. The number of hydrogen-bond acceptors (Lipinski definition) is 7. The Kier molecular flexibility index (Phi) is 7.81. The van der Waals surface area contributed by atoms with Crippen molar-refractivity contribution in [2.45, 2.75) is 32.5 Å².